The third-order valence-electron chi connectivity index (χ3n) is 17.1. The van der Waals surface area contributed by atoms with E-state index in [1.54, 1.807) is 0 Å². The zero-order chi connectivity index (χ0) is 48.0. The first-order valence-electron chi connectivity index (χ1n) is 25.7. The minimum Gasteiger partial charge on any atom is -0.307 e. The van der Waals surface area contributed by atoms with Gasteiger partial charge in [0.15, 0.2) is 0 Å². The Hall–Kier alpha value is -8.80. The molecule has 0 unspecified atom stereocenters. The van der Waals surface area contributed by atoms with Crippen molar-refractivity contribution in [2.45, 2.75) is 11.8 Å². The van der Waals surface area contributed by atoms with Crippen LogP contribution in [0.4, 0.5) is 0 Å². The quantitative estimate of drug-likeness (QED) is 0.163. The second-order valence-corrected chi connectivity index (χ2v) is 22.7. The predicted octanol–water partition coefficient (Wildman–Crippen LogP) is 19.2. The van der Waals surface area contributed by atoms with Crippen LogP contribution in [0.15, 0.2) is 231 Å². The van der Waals surface area contributed by atoms with E-state index in [0.717, 1.165) is 6.42 Å². The van der Waals surface area contributed by atoms with Gasteiger partial charge in [-0.05, 0) is 110 Å². The maximum Gasteiger partial charge on any atom is 0.0720 e. The highest BCUT2D eigenvalue weighted by Gasteiger charge is 2.50. The summed E-state index contributed by atoms with van der Waals surface area (Å²) in [5.41, 5.74) is 17.7. The van der Waals surface area contributed by atoms with Crippen LogP contribution in [0, 0.1) is 0 Å². The molecule has 0 N–H and O–H groups in total. The smallest absolute Gasteiger partial charge is 0.0720 e. The molecule has 12 aromatic carbocycles. The molecular weight excluding hydrogens is 933 g/mol. The van der Waals surface area contributed by atoms with Crippen LogP contribution >= 0.6 is 22.7 Å². The minimum absolute atomic E-state index is 0.613. The first-order chi connectivity index (χ1) is 36.7. The fourth-order valence-corrected chi connectivity index (χ4v) is 16.6. The molecule has 16 aromatic rings. The van der Waals surface area contributed by atoms with Gasteiger partial charge in [-0.3, -0.25) is 0 Å². The molecule has 0 fully saturated rings. The van der Waals surface area contributed by atoms with Crippen LogP contribution in [-0.4, -0.2) is 9.13 Å². The van der Waals surface area contributed by atoms with E-state index >= 15 is 0 Å². The van der Waals surface area contributed by atoms with E-state index in [0.29, 0.717) is 0 Å². The molecule has 0 saturated carbocycles. The van der Waals surface area contributed by atoms with Crippen LogP contribution in [0.25, 0.3) is 128 Å². The Kier molecular flexibility index (Phi) is 7.65. The van der Waals surface area contributed by atoms with Crippen LogP contribution < -0.4 is 0 Å². The molecule has 4 heterocycles. The molecule has 342 valence electrons. The molecule has 4 heteroatoms. The topological polar surface area (TPSA) is 9.86 Å². The molecule has 0 bridgehead atoms. The number of fused-ring (bicyclic) bond motifs is 25. The van der Waals surface area contributed by atoms with Crippen molar-refractivity contribution in [3.63, 3.8) is 0 Å². The van der Waals surface area contributed by atoms with E-state index in [4.69, 9.17) is 0 Å². The summed E-state index contributed by atoms with van der Waals surface area (Å²) in [6.07, 6.45) is 0.820. The van der Waals surface area contributed by atoms with Gasteiger partial charge in [0.05, 0.1) is 48.3 Å². The summed E-state index contributed by atoms with van der Waals surface area (Å²) in [6.45, 7) is 0. The number of hydrogen-bond donors (Lipinski definition) is 0. The van der Waals surface area contributed by atoms with Gasteiger partial charge >= 0.3 is 0 Å². The maximum atomic E-state index is 2.64. The monoisotopic (exact) mass is 972 g/mol. The van der Waals surface area contributed by atoms with Crippen molar-refractivity contribution in [1.82, 2.24) is 9.13 Å². The standard InChI is InChI=1S/C70H40N2S2/c1-3-17-44-40(15-1)31-33-50-54-36-42-35-43-37-55-51-34-32-41-16-2-4-18-45(41)67(51)72(61-28-14-24-53-49-22-8-12-30-65(49)74-69(53)61)63(55)39-59(43)70(56-25-9-5-19-46(56)47-20-6-10-26-57(47)70)58(42)38-62(54)71(66(44)50)60-27-13-23-52-48-21-7-11-29-64(48)73-68(52)60/h1-34,36-39H,35H2. The summed E-state index contributed by atoms with van der Waals surface area (Å²) in [6, 6.07) is 88.2. The fraction of sp³-hybridized carbons (Fsp3) is 0.0286. The average molecular weight is 973 g/mol. The van der Waals surface area contributed by atoms with Crippen molar-refractivity contribution in [1.29, 1.82) is 0 Å². The Labute approximate surface area is 432 Å². The summed E-state index contributed by atoms with van der Waals surface area (Å²) < 4.78 is 10.5. The molecular formula is C70H40N2S2. The molecule has 2 nitrogen and oxygen atoms in total. The van der Waals surface area contributed by atoms with Gasteiger partial charge in [0.25, 0.3) is 0 Å². The molecule has 2 aliphatic rings. The van der Waals surface area contributed by atoms with E-state index in [9.17, 15) is 0 Å². The van der Waals surface area contributed by atoms with Gasteiger partial charge in [0, 0.05) is 63.3 Å². The number of thiophene rings is 2. The van der Waals surface area contributed by atoms with Crippen molar-refractivity contribution in [2.75, 3.05) is 0 Å². The lowest BCUT2D eigenvalue weighted by molar-refractivity contribution is 0.724. The van der Waals surface area contributed by atoms with E-state index < -0.39 is 5.41 Å². The fourth-order valence-electron chi connectivity index (χ4n) is 14.2. The van der Waals surface area contributed by atoms with Crippen molar-refractivity contribution >= 4 is 128 Å². The summed E-state index contributed by atoms with van der Waals surface area (Å²) in [5.74, 6) is 0. The molecule has 0 aliphatic heterocycles. The highest BCUT2D eigenvalue weighted by molar-refractivity contribution is 7.26. The number of rotatable bonds is 2. The van der Waals surface area contributed by atoms with Crippen LogP contribution in [-0.2, 0) is 11.8 Å². The first kappa shape index (κ1) is 39.8. The Balaban J connectivity index is 1.02. The van der Waals surface area contributed by atoms with Gasteiger partial charge in [-0.15, -0.1) is 22.7 Å². The summed E-state index contributed by atoms with van der Waals surface area (Å²) in [4.78, 5) is 0. The molecule has 0 amide bonds. The van der Waals surface area contributed by atoms with Crippen molar-refractivity contribution < 1.29 is 0 Å². The van der Waals surface area contributed by atoms with Crippen LogP contribution in [0.2, 0.25) is 0 Å². The summed E-state index contributed by atoms with van der Waals surface area (Å²) >= 11 is 3.82. The maximum absolute atomic E-state index is 2.64. The van der Waals surface area contributed by atoms with Gasteiger partial charge in [0.2, 0.25) is 0 Å². The van der Waals surface area contributed by atoms with Gasteiger partial charge in [-0.2, -0.15) is 0 Å². The lowest BCUT2D eigenvalue weighted by atomic mass is 9.61. The third-order valence-corrected chi connectivity index (χ3v) is 19.6. The SMILES string of the molecule is c1ccc2c(c1)-c1ccccc1C21c2cc3c(cc2Cc2cc4c5ccc6ccccc6c5n(-c5cccc6c5sc5ccccc56)c4cc21)c1ccc2ccccc2c1n3-c1cccc2c1sc1ccccc12. The Morgan fingerprint density at radius 1 is 0.311 bits per heavy atom. The third kappa shape index (κ3) is 4.91. The normalized spacial score (nSPS) is 13.7. The van der Waals surface area contributed by atoms with Crippen LogP contribution in [0.1, 0.15) is 33.4 Å². The van der Waals surface area contributed by atoms with E-state index in [2.05, 4.69) is 240 Å². The van der Waals surface area contributed by atoms with Crippen molar-refractivity contribution in [2.24, 2.45) is 0 Å². The van der Waals surface area contributed by atoms with E-state index in [-0.39, 0.29) is 0 Å². The summed E-state index contributed by atoms with van der Waals surface area (Å²) in [7, 11) is 0. The predicted molar refractivity (Wildman–Crippen MR) is 316 cm³/mol. The highest BCUT2D eigenvalue weighted by Crippen LogP contribution is 2.61. The van der Waals surface area contributed by atoms with E-state index in [1.807, 2.05) is 22.7 Å². The lowest BCUT2D eigenvalue weighted by Crippen LogP contribution is -2.34. The molecule has 1 spiro atoms. The van der Waals surface area contributed by atoms with E-state index in [1.165, 1.54) is 161 Å². The molecule has 74 heavy (non-hydrogen) atoms. The second-order valence-electron chi connectivity index (χ2n) is 20.6. The second kappa shape index (κ2) is 14.2. The van der Waals surface area contributed by atoms with Crippen molar-refractivity contribution in [3.05, 3.63) is 264 Å². The van der Waals surface area contributed by atoms with Crippen LogP contribution in [0.3, 0.4) is 0 Å². The first-order valence-corrected chi connectivity index (χ1v) is 27.3. The molecule has 0 radical (unpaired) electrons. The van der Waals surface area contributed by atoms with Gasteiger partial charge in [-0.1, -0.05) is 182 Å². The largest absolute Gasteiger partial charge is 0.307 e. The van der Waals surface area contributed by atoms with Gasteiger partial charge < -0.3 is 9.13 Å². The summed E-state index contributed by atoms with van der Waals surface area (Å²) in [5, 5.41) is 15.4. The zero-order valence-electron chi connectivity index (χ0n) is 39.9. The van der Waals surface area contributed by atoms with Gasteiger partial charge in [-0.25, -0.2) is 0 Å². The average Bonchev–Trinajstić information content (AvgIpc) is 4.28. The van der Waals surface area contributed by atoms with Crippen molar-refractivity contribution in [3.8, 4) is 22.5 Å². The van der Waals surface area contributed by atoms with Gasteiger partial charge in [0.1, 0.15) is 0 Å². The molecule has 0 atom stereocenters. The zero-order valence-corrected chi connectivity index (χ0v) is 41.5. The number of nitrogens with zero attached hydrogens (tertiary/aromatic N) is 2. The molecule has 0 saturated heterocycles. The minimum atomic E-state index is -0.613. The Morgan fingerprint density at radius 2 is 0.730 bits per heavy atom. The molecule has 18 rings (SSSR count). The molecule has 2 aliphatic carbocycles. The Morgan fingerprint density at radius 3 is 1.23 bits per heavy atom. The highest BCUT2D eigenvalue weighted by atomic mass is 32.1. The lowest BCUT2D eigenvalue weighted by Gasteiger charge is -2.40. The number of aromatic nitrogens is 2. The Bertz CT molecular complexity index is 4870. The van der Waals surface area contributed by atoms with Crippen LogP contribution in [0.5, 0.6) is 0 Å². The number of hydrogen-bond acceptors (Lipinski definition) is 2. The molecule has 4 aromatic heterocycles. The number of benzene rings is 12.